The first-order chi connectivity index (χ1) is 8.45. The lowest BCUT2D eigenvalue weighted by Crippen LogP contribution is -2.32. The van der Waals surface area contributed by atoms with Gasteiger partial charge in [0.1, 0.15) is 5.82 Å². The minimum absolute atomic E-state index is 0.206. The average Bonchev–Trinajstić information content (AvgIpc) is 2.28. The second-order valence-corrected chi connectivity index (χ2v) is 4.38. The maximum Gasteiger partial charge on any atom is 0.146 e. The van der Waals surface area contributed by atoms with Crippen molar-refractivity contribution in [1.29, 1.82) is 0 Å². The number of anilines is 1. The summed E-state index contributed by atoms with van der Waals surface area (Å²) in [4.78, 5) is 1.62. The molecule has 2 N–H and O–H groups in total. The van der Waals surface area contributed by atoms with Crippen molar-refractivity contribution in [3.05, 3.63) is 29.6 Å². The molecule has 0 aliphatic carbocycles. The highest BCUT2D eigenvalue weighted by molar-refractivity contribution is 5.48. The van der Waals surface area contributed by atoms with E-state index in [0.717, 1.165) is 0 Å². The normalized spacial score (nSPS) is 14.3. The number of aliphatic hydroxyl groups is 2. The number of benzene rings is 1. The number of hydrogen-bond donors (Lipinski definition) is 2. The summed E-state index contributed by atoms with van der Waals surface area (Å²) in [5.41, 5.74) is 0.914. The van der Waals surface area contributed by atoms with Gasteiger partial charge in [0.2, 0.25) is 0 Å². The Bertz CT molecular complexity index is 384. The Labute approximate surface area is 107 Å². The molecule has 0 aromatic heterocycles. The van der Waals surface area contributed by atoms with E-state index in [9.17, 15) is 14.6 Å². The van der Waals surface area contributed by atoms with Gasteiger partial charge in [0, 0.05) is 20.7 Å². The fourth-order valence-corrected chi connectivity index (χ4v) is 1.75. The number of halogens is 1. The Morgan fingerprint density at radius 3 is 2.56 bits per heavy atom. The van der Waals surface area contributed by atoms with Crippen LogP contribution < -0.4 is 4.90 Å². The van der Waals surface area contributed by atoms with Crippen molar-refractivity contribution in [3.8, 4) is 0 Å². The third-order valence-electron chi connectivity index (χ3n) is 2.71. The van der Waals surface area contributed by atoms with Crippen molar-refractivity contribution in [2.24, 2.45) is 0 Å². The molecule has 0 radical (unpaired) electrons. The van der Waals surface area contributed by atoms with Gasteiger partial charge in [0.05, 0.1) is 24.5 Å². The van der Waals surface area contributed by atoms with Gasteiger partial charge in [-0.25, -0.2) is 4.39 Å². The molecule has 1 unspecified atom stereocenters. The quantitative estimate of drug-likeness (QED) is 0.807. The second-order valence-electron chi connectivity index (χ2n) is 4.38. The van der Waals surface area contributed by atoms with Crippen LogP contribution in [0.3, 0.4) is 0 Å². The van der Waals surface area contributed by atoms with Crippen LogP contribution >= 0.6 is 0 Å². The van der Waals surface area contributed by atoms with Gasteiger partial charge in [-0.1, -0.05) is 6.07 Å². The molecule has 1 rings (SSSR count). The van der Waals surface area contributed by atoms with Crippen LogP contribution in [0.1, 0.15) is 18.6 Å². The van der Waals surface area contributed by atoms with Crippen LogP contribution in [-0.4, -0.2) is 43.6 Å². The highest BCUT2D eigenvalue weighted by atomic mass is 19.1. The molecule has 0 fully saturated rings. The standard InChI is InChI=1S/C13H20FNO3/c1-9(16)10-4-5-13(12(14)6-10)15(2)7-11(17)8-18-3/h4-6,9,11,16-17H,7-8H2,1-3H3/t9-,11?/m1/s1. The van der Waals surface area contributed by atoms with E-state index in [1.807, 2.05) is 0 Å². The van der Waals surface area contributed by atoms with Crippen molar-refractivity contribution >= 4 is 5.69 Å². The van der Waals surface area contributed by atoms with Crippen LogP contribution in [0.25, 0.3) is 0 Å². The Morgan fingerprint density at radius 1 is 1.39 bits per heavy atom. The van der Waals surface area contributed by atoms with Crippen LogP contribution in [-0.2, 0) is 4.74 Å². The molecular formula is C13H20FNO3. The summed E-state index contributed by atoms with van der Waals surface area (Å²) in [6.45, 7) is 2.07. The molecular weight excluding hydrogens is 237 g/mol. The zero-order chi connectivity index (χ0) is 13.7. The number of nitrogens with zero attached hydrogens (tertiary/aromatic N) is 1. The van der Waals surface area contributed by atoms with E-state index in [4.69, 9.17) is 4.74 Å². The van der Waals surface area contributed by atoms with Gasteiger partial charge in [-0.15, -0.1) is 0 Å². The van der Waals surface area contributed by atoms with E-state index in [1.165, 1.54) is 13.2 Å². The van der Waals surface area contributed by atoms with E-state index >= 15 is 0 Å². The monoisotopic (exact) mass is 257 g/mol. The molecule has 1 aromatic rings. The summed E-state index contributed by atoms with van der Waals surface area (Å²) < 4.78 is 18.6. The fraction of sp³-hybridized carbons (Fsp3) is 0.538. The maximum atomic E-state index is 13.8. The van der Waals surface area contributed by atoms with Gasteiger partial charge in [-0.05, 0) is 24.6 Å². The van der Waals surface area contributed by atoms with Crippen LogP contribution in [0.4, 0.5) is 10.1 Å². The van der Waals surface area contributed by atoms with Gasteiger partial charge >= 0.3 is 0 Å². The summed E-state index contributed by atoms with van der Waals surface area (Å²) >= 11 is 0. The average molecular weight is 257 g/mol. The zero-order valence-corrected chi connectivity index (χ0v) is 10.9. The summed E-state index contributed by atoms with van der Waals surface area (Å²) in [5.74, 6) is -0.416. The largest absolute Gasteiger partial charge is 0.389 e. The molecule has 0 bridgehead atoms. The van der Waals surface area contributed by atoms with E-state index in [1.54, 1.807) is 31.0 Å². The molecule has 102 valence electrons. The predicted molar refractivity (Wildman–Crippen MR) is 68.2 cm³/mol. The van der Waals surface area contributed by atoms with Crippen molar-refractivity contribution in [2.75, 3.05) is 32.2 Å². The topological polar surface area (TPSA) is 52.9 Å². The minimum atomic E-state index is -0.696. The molecule has 4 nitrogen and oxygen atoms in total. The number of aliphatic hydroxyl groups excluding tert-OH is 2. The highest BCUT2D eigenvalue weighted by Gasteiger charge is 2.13. The molecule has 0 heterocycles. The number of ether oxygens (including phenoxy) is 1. The van der Waals surface area contributed by atoms with Crippen molar-refractivity contribution < 1.29 is 19.3 Å². The molecule has 0 saturated heterocycles. The SMILES string of the molecule is COCC(O)CN(C)c1ccc([C@@H](C)O)cc1F. The molecule has 1 aromatic carbocycles. The number of methoxy groups -OCH3 is 1. The number of hydrogen-bond acceptors (Lipinski definition) is 4. The first-order valence-corrected chi connectivity index (χ1v) is 5.81. The third kappa shape index (κ3) is 3.94. The van der Waals surface area contributed by atoms with Gasteiger partial charge < -0.3 is 19.8 Å². The van der Waals surface area contributed by atoms with Gasteiger partial charge in [0.15, 0.2) is 0 Å². The maximum absolute atomic E-state index is 13.8. The summed E-state index contributed by atoms with van der Waals surface area (Å²) in [6, 6.07) is 4.57. The van der Waals surface area contributed by atoms with E-state index in [0.29, 0.717) is 11.3 Å². The van der Waals surface area contributed by atoms with E-state index < -0.39 is 18.0 Å². The second kappa shape index (κ2) is 6.68. The van der Waals surface area contributed by atoms with Crippen LogP contribution in [0.5, 0.6) is 0 Å². The Morgan fingerprint density at radius 2 is 2.06 bits per heavy atom. The molecule has 0 amide bonds. The molecule has 5 heteroatoms. The minimum Gasteiger partial charge on any atom is -0.389 e. The lowest BCUT2D eigenvalue weighted by molar-refractivity contribution is 0.0694. The summed E-state index contributed by atoms with van der Waals surface area (Å²) in [6.07, 6.45) is -1.37. The molecule has 0 aliphatic rings. The van der Waals surface area contributed by atoms with Gasteiger partial charge in [-0.2, -0.15) is 0 Å². The lowest BCUT2D eigenvalue weighted by atomic mass is 10.1. The molecule has 0 aliphatic heterocycles. The van der Waals surface area contributed by atoms with E-state index in [-0.39, 0.29) is 13.2 Å². The third-order valence-corrected chi connectivity index (χ3v) is 2.71. The molecule has 18 heavy (non-hydrogen) atoms. The smallest absolute Gasteiger partial charge is 0.146 e. The Kier molecular flexibility index (Phi) is 5.53. The zero-order valence-electron chi connectivity index (χ0n) is 10.9. The van der Waals surface area contributed by atoms with Crippen molar-refractivity contribution in [3.63, 3.8) is 0 Å². The van der Waals surface area contributed by atoms with Crippen LogP contribution in [0.15, 0.2) is 18.2 Å². The first kappa shape index (κ1) is 14.9. The van der Waals surface area contributed by atoms with Gasteiger partial charge in [-0.3, -0.25) is 0 Å². The highest BCUT2D eigenvalue weighted by Crippen LogP contribution is 2.22. The first-order valence-electron chi connectivity index (χ1n) is 5.81. The van der Waals surface area contributed by atoms with Crippen LogP contribution in [0, 0.1) is 5.82 Å². The number of rotatable bonds is 6. The van der Waals surface area contributed by atoms with E-state index in [2.05, 4.69) is 0 Å². The van der Waals surface area contributed by atoms with Gasteiger partial charge in [0.25, 0.3) is 0 Å². The predicted octanol–water partition coefficient (Wildman–Crippen LogP) is 1.32. The number of likely N-dealkylation sites (N-methyl/N-ethyl adjacent to an activating group) is 1. The van der Waals surface area contributed by atoms with Crippen molar-refractivity contribution in [2.45, 2.75) is 19.1 Å². The summed E-state index contributed by atoms with van der Waals surface area (Å²) in [7, 11) is 3.20. The molecule has 2 atom stereocenters. The summed E-state index contributed by atoms with van der Waals surface area (Å²) in [5, 5.41) is 18.9. The Hall–Kier alpha value is -1.17. The van der Waals surface area contributed by atoms with Crippen LogP contribution in [0.2, 0.25) is 0 Å². The Balaban J connectivity index is 2.77. The lowest BCUT2D eigenvalue weighted by Gasteiger charge is -2.23. The molecule has 0 saturated carbocycles. The fourth-order valence-electron chi connectivity index (χ4n) is 1.75. The molecule has 0 spiro atoms. The van der Waals surface area contributed by atoms with Crippen molar-refractivity contribution in [1.82, 2.24) is 0 Å².